The van der Waals surface area contributed by atoms with E-state index in [-0.39, 0.29) is 5.91 Å². The molecule has 4 rings (SSSR count). The Hall–Kier alpha value is -2.31. The highest BCUT2D eigenvalue weighted by Gasteiger charge is 2.36. The van der Waals surface area contributed by atoms with Crippen LogP contribution in [0.5, 0.6) is 0 Å². The molecule has 0 radical (unpaired) electrons. The smallest absolute Gasteiger partial charge is 0.238 e. The molecule has 6 nitrogen and oxygen atoms in total. The number of likely N-dealkylation sites (N-methyl/N-ethyl adjacent to an activating group) is 1. The number of benzene rings is 1. The highest BCUT2D eigenvalue weighted by molar-refractivity contribution is 5.95. The molecule has 1 aliphatic carbocycles. The third kappa shape index (κ3) is 4.56. The van der Waals surface area contributed by atoms with Gasteiger partial charge in [-0.2, -0.15) is 0 Å². The fourth-order valence-electron chi connectivity index (χ4n) is 3.81. The molecule has 1 saturated carbocycles. The molecule has 0 spiro atoms. The van der Waals surface area contributed by atoms with Crippen molar-refractivity contribution in [2.75, 3.05) is 50.1 Å². The molecule has 0 bridgehead atoms. The largest absolute Gasteiger partial charge is 0.464 e. The molecule has 1 saturated heterocycles. The van der Waals surface area contributed by atoms with Gasteiger partial charge >= 0.3 is 0 Å². The van der Waals surface area contributed by atoms with Gasteiger partial charge in [0.25, 0.3) is 0 Å². The average Bonchev–Trinajstić information content (AvgIpc) is 3.24. The summed E-state index contributed by atoms with van der Waals surface area (Å²) in [6.45, 7) is 6.30. The van der Waals surface area contributed by atoms with E-state index in [1.807, 2.05) is 42.3 Å². The molecule has 2 aliphatic rings. The maximum absolute atomic E-state index is 12.6. The van der Waals surface area contributed by atoms with Crippen LogP contribution in [-0.2, 0) is 16.1 Å². The number of para-hydroxylation sites is 2. The number of carbonyl (C=O) groups excluding carboxylic acids is 1. The van der Waals surface area contributed by atoms with E-state index in [2.05, 4.69) is 23.2 Å². The third-order valence-corrected chi connectivity index (χ3v) is 5.53. The van der Waals surface area contributed by atoms with E-state index in [4.69, 9.17) is 9.15 Å². The number of nitrogens with zero attached hydrogens (tertiary/aromatic N) is 2. The van der Waals surface area contributed by atoms with Gasteiger partial charge in [0.1, 0.15) is 11.5 Å². The van der Waals surface area contributed by atoms with Gasteiger partial charge in [0.05, 0.1) is 37.7 Å². The van der Waals surface area contributed by atoms with Crippen LogP contribution >= 0.6 is 0 Å². The van der Waals surface area contributed by atoms with E-state index in [0.29, 0.717) is 19.0 Å². The van der Waals surface area contributed by atoms with Crippen molar-refractivity contribution in [2.45, 2.75) is 25.8 Å². The SMILES string of the molecule is C[C@@H]1C[C@@H]1c1ccc(CN(C)CC(=O)Nc2ccccc2N2CCOCC2)o1. The molecule has 1 aromatic carbocycles. The van der Waals surface area contributed by atoms with Crippen LogP contribution in [0, 0.1) is 5.92 Å². The zero-order valence-corrected chi connectivity index (χ0v) is 16.7. The summed E-state index contributed by atoms with van der Waals surface area (Å²) >= 11 is 0. The lowest BCUT2D eigenvalue weighted by molar-refractivity contribution is -0.117. The van der Waals surface area contributed by atoms with E-state index in [0.717, 1.165) is 55.1 Å². The summed E-state index contributed by atoms with van der Waals surface area (Å²) in [5.74, 6) is 3.29. The van der Waals surface area contributed by atoms with Crippen LogP contribution in [0.25, 0.3) is 0 Å². The highest BCUT2D eigenvalue weighted by atomic mass is 16.5. The van der Waals surface area contributed by atoms with Crippen molar-refractivity contribution in [3.05, 3.63) is 47.9 Å². The van der Waals surface area contributed by atoms with E-state index in [9.17, 15) is 4.79 Å². The number of furan rings is 1. The van der Waals surface area contributed by atoms with Gasteiger partial charge in [-0.25, -0.2) is 0 Å². The molecular formula is C22H29N3O3. The van der Waals surface area contributed by atoms with Crippen LogP contribution in [0.3, 0.4) is 0 Å². The first-order valence-electron chi connectivity index (χ1n) is 10.1. The first-order chi connectivity index (χ1) is 13.6. The molecule has 28 heavy (non-hydrogen) atoms. The van der Waals surface area contributed by atoms with Crippen molar-refractivity contribution < 1.29 is 13.9 Å². The molecule has 150 valence electrons. The summed E-state index contributed by atoms with van der Waals surface area (Å²) in [6, 6.07) is 12.1. The number of hydrogen-bond acceptors (Lipinski definition) is 5. The van der Waals surface area contributed by atoms with Gasteiger partial charge in [-0.05, 0) is 43.7 Å². The Morgan fingerprint density at radius 3 is 2.71 bits per heavy atom. The van der Waals surface area contributed by atoms with Gasteiger partial charge in [0.2, 0.25) is 5.91 Å². The molecular weight excluding hydrogens is 354 g/mol. The Labute approximate surface area is 166 Å². The number of rotatable bonds is 7. The number of morpholine rings is 1. The second-order valence-electron chi connectivity index (χ2n) is 7.96. The molecule has 1 N–H and O–H groups in total. The van der Waals surface area contributed by atoms with E-state index >= 15 is 0 Å². The molecule has 1 aliphatic heterocycles. The zero-order chi connectivity index (χ0) is 19.5. The first-order valence-corrected chi connectivity index (χ1v) is 10.1. The number of anilines is 2. The lowest BCUT2D eigenvalue weighted by atomic mass is 10.2. The minimum absolute atomic E-state index is 0.0224. The Kier molecular flexibility index (Phi) is 5.69. The first kappa shape index (κ1) is 19.0. The van der Waals surface area contributed by atoms with Gasteiger partial charge in [-0.3, -0.25) is 9.69 Å². The molecule has 1 amide bonds. The fraction of sp³-hybridized carbons (Fsp3) is 0.500. The lowest BCUT2D eigenvalue weighted by Gasteiger charge is -2.30. The maximum Gasteiger partial charge on any atom is 0.238 e. The van der Waals surface area contributed by atoms with Crippen molar-refractivity contribution in [1.29, 1.82) is 0 Å². The summed E-state index contributed by atoms with van der Waals surface area (Å²) in [5.41, 5.74) is 1.90. The van der Waals surface area contributed by atoms with Crippen LogP contribution in [0.1, 0.15) is 30.8 Å². The topological polar surface area (TPSA) is 58.0 Å². The van der Waals surface area contributed by atoms with Gasteiger partial charge in [-0.15, -0.1) is 0 Å². The fourth-order valence-corrected chi connectivity index (χ4v) is 3.81. The zero-order valence-electron chi connectivity index (χ0n) is 16.7. The summed E-state index contributed by atoms with van der Waals surface area (Å²) in [4.78, 5) is 16.8. The van der Waals surface area contributed by atoms with Crippen LogP contribution in [-0.4, -0.2) is 50.7 Å². The number of amides is 1. The minimum atomic E-state index is -0.0224. The Morgan fingerprint density at radius 2 is 1.96 bits per heavy atom. The Balaban J connectivity index is 1.32. The van der Waals surface area contributed by atoms with Crippen molar-refractivity contribution in [2.24, 2.45) is 5.92 Å². The molecule has 2 heterocycles. The van der Waals surface area contributed by atoms with Gasteiger partial charge in [0, 0.05) is 19.0 Å². The van der Waals surface area contributed by atoms with Crippen molar-refractivity contribution in [3.63, 3.8) is 0 Å². The van der Waals surface area contributed by atoms with E-state index in [1.165, 1.54) is 6.42 Å². The van der Waals surface area contributed by atoms with E-state index < -0.39 is 0 Å². The number of ether oxygens (including phenoxy) is 1. The van der Waals surface area contributed by atoms with Gasteiger partial charge in [-0.1, -0.05) is 19.1 Å². The molecule has 1 aromatic heterocycles. The Morgan fingerprint density at radius 1 is 1.21 bits per heavy atom. The highest BCUT2D eigenvalue weighted by Crippen LogP contribution is 2.47. The van der Waals surface area contributed by atoms with Crippen molar-refractivity contribution in [1.82, 2.24) is 4.90 Å². The van der Waals surface area contributed by atoms with E-state index in [1.54, 1.807) is 0 Å². The average molecular weight is 383 g/mol. The van der Waals surface area contributed by atoms with Crippen LogP contribution in [0.4, 0.5) is 11.4 Å². The summed E-state index contributed by atoms with van der Waals surface area (Å²) < 4.78 is 11.4. The lowest BCUT2D eigenvalue weighted by Crippen LogP contribution is -2.37. The Bertz CT molecular complexity index is 813. The van der Waals surface area contributed by atoms with Crippen molar-refractivity contribution in [3.8, 4) is 0 Å². The predicted octanol–water partition coefficient (Wildman–Crippen LogP) is 3.31. The molecule has 0 unspecified atom stereocenters. The third-order valence-electron chi connectivity index (χ3n) is 5.53. The molecule has 2 fully saturated rings. The van der Waals surface area contributed by atoms with Crippen LogP contribution < -0.4 is 10.2 Å². The number of hydrogen-bond donors (Lipinski definition) is 1. The summed E-state index contributed by atoms with van der Waals surface area (Å²) in [7, 11) is 1.94. The monoisotopic (exact) mass is 383 g/mol. The summed E-state index contributed by atoms with van der Waals surface area (Å²) in [6.07, 6.45) is 1.22. The standard InChI is InChI=1S/C22H29N3O3/c1-16-13-18(16)21-8-7-17(28-21)14-24(2)15-22(26)23-19-5-3-4-6-20(19)25-9-11-27-12-10-25/h3-8,16,18H,9-15H2,1-2H3,(H,23,26)/t16-,18+/m1/s1. The van der Waals surface area contributed by atoms with Crippen LogP contribution in [0.2, 0.25) is 0 Å². The molecule has 6 heteroatoms. The predicted molar refractivity (Wildman–Crippen MR) is 110 cm³/mol. The normalized spacial score (nSPS) is 21.8. The molecule has 2 atom stereocenters. The second kappa shape index (κ2) is 8.37. The number of carbonyl (C=O) groups is 1. The number of nitrogens with one attached hydrogen (secondary N) is 1. The molecule has 2 aromatic rings. The van der Waals surface area contributed by atoms with Crippen molar-refractivity contribution >= 4 is 17.3 Å². The minimum Gasteiger partial charge on any atom is -0.464 e. The maximum atomic E-state index is 12.6. The van der Waals surface area contributed by atoms with Gasteiger partial charge < -0.3 is 19.4 Å². The van der Waals surface area contributed by atoms with Gasteiger partial charge in [0.15, 0.2) is 0 Å². The summed E-state index contributed by atoms with van der Waals surface area (Å²) in [5, 5.41) is 3.07. The quantitative estimate of drug-likeness (QED) is 0.795. The second-order valence-corrected chi connectivity index (χ2v) is 7.96. The van der Waals surface area contributed by atoms with Crippen LogP contribution in [0.15, 0.2) is 40.8 Å².